The van der Waals surface area contributed by atoms with Crippen LogP contribution in [0.15, 0.2) is 49.2 Å². The Morgan fingerprint density at radius 1 is 1.13 bits per heavy atom. The van der Waals surface area contributed by atoms with Crippen molar-refractivity contribution in [3.8, 4) is 22.8 Å². The molecule has 0 radical (unpaired) electrons. The van der Waals surface area contributed by atoms with Crippen molar-refractivity contribution in [3.05, 3.63) is 77.5 Å². The number of nitrogens with one attached hydrogen (secondary N) is 1. The van der Waals surface area contributed by atoms with E-state index in [1.165, 1.54) is 14.2 Å². The molecule has 1 spiro atoms. The van der Waals surface area contributed by atoms with Gasteiger partial charge in [-0.1, -0.05) is 12.6 Å². The van der Waals surface area contributed by atoms with Gasteiger partial charge in [0, 0.05) is 23.4 Å². The maximum Gasteiger partial charge on any atom is 0.247 e. The fourth-order valence-electron chi connectivity index (χ4n) is 4.84. The number of hydrogen-bond acceptors (Lipinski definition) is 6. The van der Waals surface area contributed by atoms with Crippen molar-refractivity contribution in [1.29, 1.82) is 0 Å². The van der Waals surface area contributed by atoms with Gasteiger partial charge in [-0.25, -0.2) is 8.78 Å². The molecule has 1 aliphatic carbocycles. The summed E-state index contributed by atoms with van der Waals surface area (Å²) in [4.78, 5) is 42.6. The summed E-state index contributed by atoms with van der Waals surface area (Å²) in [5.41, 5.74) is 1.61. The highest BCUT2D eigenvalue weighted by Gasteiger charge is 2.57. The molecule has 0 unspecified atom stereocenters. The summed E-state index contributed by atoms with van der Waals surface area (Å²) in [5.74, 6) is -3.37. The number of pyridine rings is 1. The summed E-state index contributed by atoms with van der Waals surface area (Å²) in [6, 6.07) is 7.74. The number of fused-ring (bicyclic) bond motifs is 2. The minimum absolute atomic E-state index is 0.0991. The number of nitrogens with zero attached hydrogens (tertiary/aromatic N) is 2. The maximum absolute atomic E-state index is 15.3. The molecule has 1 fully saturated rings. The van der Waals surface area contributed by atoms with Gasteiger partial charge < -0.3 is 19.7 Å². The van der Waals surface area contributed by atoms with E-state index < -0.39 is 34.6 Å². The standard InChI is InChI=1S/C28H23F2N3O5/c1-4-23(35)32-20-9-15(5-6-16(20)14-34)19-10-18-17(12-31-19)13-33(27(36)28(18)7-8-28)26-24(29)21(37-2)11-22(38-3)25(26)30/h4-6,9-12,14H,1,7-8,13H2,2-3H3,(H,32,35). The Morgan fingerprint density at radius 3 is 2.39 bits per heavy atom. The molecule has 194 valence electrons. The van der Waals surface area contributed by atoms with E-state index >= 15 is 8.78 Å². The third kappa shape index (κ3) is 3.89. The molecule has 0 atom stereocenters. The predicted molar refractivity (Wildman–Crippen MR) is 135 cm³/mol. The van der Waals surface area contributed by atoms with Gasteiger partial charge in [0.25, 0.3) is 0 Å². The van der Waals surface area contributed by atoms with Crippen LogP contribution >= 0.6 is 0 Å². The molecule has 5 rings (SSSR count). The molecule has 1 N–H and O–H groups in total. The molecule has 2 heterocycles. The molecule has 2 aliphatic rings. The van der Waals surface area contributed by atoms with Crippen molar-refractivity contribution in [2.24, 2.45) is 0 Å². The number of ether oxygens (including phenoxy) is 2. The highest BCUT2D eigenvalue weighted by Crippen LogP contribution is 2.55. The predicted octanol–water partition coefficient (Wildman–Crippen LogP) is 4.56. The van der Waals surface area contributed by atoms with Crippen LogP contribution in [0.5, 0.6) is 11.5 Å². The van der Waals surface area contributed by atoms with Crippen LogP contribution in [0.4, 0.5) is 20.2 Å². The fourth-order valence-corrected chi connectivity index (χ4v) is 4.84. The number of aldehydes is 1. The molecule has 0 saturated heterocycles. The van der Waals surface area contributed by atoms with Gasteiger partial charge >= 0.3 is 0 Å². The molecule has 2 aromatic carbocycles. The number of aromatic nitrogens is 1. The first kappa shape index (κ1) is 25.1. The van der Waals surface area contributed by atoms with E-state index in [1.54, 1.807) is 30.5 Å². The number of hydrogen-bond donors (Lipinski definition) is 1. The molecule has 0 bridgehead atoms. The molecule has 10 heteroatoms. The largest absolute Gasteiger partial charge is 0.493 e. The van der Waals surface area contributed by atoms with Gasteiger partial charge in [-0.05, 0) is 48.2 Å². The molecular formula is C28H23F2N3O5. The Bertz CT molecular complexity index is 1490. The van der Waals surface area contributed by atoms with Gasteiger partial charge in [0.1, 0.15) is 5.69 Å². The van der Waals surface area contributed by atoms with Gasteiger partial charge in [0.15, 0.2) is 29.4 Å². The van der Waals surface area contributed by atoms with Crippen molar-refractivity contribution < 1.29 is 32.6 Å². The Kier molecular flexibility index (Phi) is 6.18. The van der Waals surface area contributed by atoms with Crippen molar-refractivity contribution in [2.75, 3.05) is 24.4 Å². The van der Waals surface area contributed by atoms with Crippen molar-refractivity contribution in [2.45, 2.75) is 24.8 Å². The molecule has 1 saturated carbocycles. The summed E-state index contributed by atoms with van der Waals surface area (Å²) < 4.78 is 40.6. The second-order valence-corrected chi connectivity index (χ2v) is 9.07. The van der Waals surface area contributed by atoms with E-state index in [4.69, 9.17) is 9.47 Å². The Hall–Kier alpha value is -4.60. The SMILES string of the molecule is C=CC(=O)Nc1cc(-c2cc3c(cn2)CN(c2c(F)c(OC)cc(OC)c2F)C(=O)C32CC2)ccc1C=O. The summed E-state index contributed by atoms with van der Waals surface area (Å²) in [7, 11) is 2.49. The number of halogens is 2. The first-order valence-corrected chi connectivity index (χ1v) is 11.7. The normalized spacial score (nSPS) is 15.1. The Morgan fingerprint density at radius 2 is 1.82 bits per heavy atom. The maximum atomic E-state index is 15.3. The van der Waals surface area contributed by atoms with Crippen LogP contribution in [-0.2, 0) is 21.5 Å². The molecule has 1 aromatic heterocycles. The van der Waals surface area contributed by atoms with Crippen LogP contribution in [-0.4, -0.2) is 37.3 Å². The third-order valence-electron chi connectivity index (χ3n) is 6.97. The zero-order chi connectivity index (χ0) is 27.2. The topological polar surface area (TPSA) is 97.8 Å². The lowest BCUT2D eigenvalue weighted by Crippen LogP contribution is -2.45. The smallest absolute Gasteiger partial charge is 0.247 e. The summed E-state index contributed by atoms with van der Waals surface area (Å²) >= 11 is 0. The quantitative estimate of drug-likeness (QED) is 0.363. The minimum atomic E-state index is -0.993. The van der Waals surface area contributed by atoms with Gasteiger partial charge in [0.2, 0.25) is 11.8 Å². The first-order chi connectivity index (χ1) is 18.3. The third-order valence-corrected chi connectivity index (χ3v) is 6.97. The molecule has 38 heavy (non-hydrogen) atoms. The second kappa shape index (κ2) is 9.37. The molecule has 3 aromatic rings. The van der Waals surface area contributed by atoms with Crippen LogP contribution in [0.1, 0.15) is 34.3 Å². The monoisotopic (exact) mass is 519 g/mol. The summed E-state index contributed by atoms with van der Waals surface area (Å²) in [6.07, 6.45) is 4.31. The summed E-state index contributed by atoms with van der Waals surface area (Å²) in [5, 5.41) is 2.60. The zero-order valence-corrected chi connectivity index (χ0v) is 20.6. The van der Waals surface area contributed by atoms with Crippen LogP contribution in [0.3, 0.4) is 0 Å². The van der Waals surface area contributed by atoms with Crippen molar-refractivity contribution in [1.82, 2.24) is 4.98 Å². The lowest BCUT2D eigenvalue weighted by Gasteiger charge is -2.35. The van der Waals surface area contributed by atoms with Crippen molar-refractivity contribution >= 4 is 29.5 Å². The number of carbonyl (C=O) groups excluding carboxylic acids is 3. The highest BCUT2D eigenvalue weighted by molar-refractivity contribution is 6.06. The Labute approximate surface area is 216 Å². The van der Waals surface area contributed by atoms with Gasteiger partial charge in [-0.3, -0.25) is 19.4 Å². The van der Waals surface area contributed by atoms with E-state index in [-0.39, 0.29) is 23.6 Å². The number of carbonyl (C=O) groups is 3. The lowest BCUT2D eigenvalue weighted by atomic mass is 9.85. The average molecular weight is 520 g/mol. The van der Waals surface area contributed by atoms with E-state index in [2.05, 4.69) is 16.9 Å². The zero-order valence-electron chi connectivity index (χ0n) is 20.6. The van der Waals surface area contributed by atoms with Crippen LogP contribution in [0.25, 0.3) is 11.3 Å². The van der Waals surface area contributed by atoms with Gasteiger partial charge in [0.05, 0.1) is 37.6 Å². The summed E-state index contributed by atoms with van der Waals surface area (Å²) in [6.45, 7) is 3.32. The van der Waals surface area contributed by atoms with E-state index in [9.17, 15) is 14.4 Å². The highest BCUT2D eigenvalue weighted by atomic mass is 19.1. The van der Waals surface area contributed by atoms with Crippen LogP contribution in [0.2, 0.25) is 0 Å². The lowest BCUT2D eigenvalue weighted by molar-refractivity contribution is -0.121. The molecule has 8 nitrogen and oxygen atoms in total. The molecular weight excluding hydrogens is 496 g/mol. The van der Waals surface area contributed by atoms with E-state index in [0.717, 1.165) is 22.6 Å². The van der Waals surface area contributed by atoms with Crippen molar-refractivity contribution in [3.63, 3.8) is 0 Å². The van der Waals surface area contributed by atoms with E-state index in [1.807, 2.05) is 0 Å². The van der Waals surface area contributed by atoms with Crippen LogP contribution in [0, 0.1) is 11.6 Å². The number of anilines is 2. The Balaban J connectivity index is 1.58. The molecule has 2 amide bonds. The first-order valence-electron chi connectivity index (χ1n) is 11.7. The number of amides is 2. The fraction of sp³-hybridized carbons (Fsp3) is 0.214. The minimum Gasteiger partial charge on any atom is -0.493 e. The van der Waals surface area contributed by atoms with Gasteiger partial charge in [-0.2, -0.15) is 0 Å². The van der Waals surface area contributed by atoms with Crippen LogP contribution < -0.4 is 19.7 Å². The number of benzene rings is 2. The molecule has 1 aliphatic heterocycles. The second-order valence-electron chi connectivity index (χ2n) is 9.07. The van der Waals surface area contributed by atoms with E-state index in [0.29, 0.717) is 41.6 Å². The number of methoxy groups -OCH3 is 2. The van der Waals surface area contributed by atoms with Gasteiger partial charge in [-0.15, -0.1) is 0 Å². The average Bonchev–Trinajstić information content (AvgIpc) is 3.73. The number of rotatable bonds is 7.